The first-order valence-electron chi connectivity index (χ1n) is 12.8. The molecular weight excluding hydrogens is 528 g/mol. The number of carbonyl (C=O) groups excluding carboxylic acids is 2. The van der Waals surface area contributed by atoms with Crippen LogP contribution in [-0.4, -0.2) is 46.7 Å². The molecule has 4 aromatic rings. The van der Waals surface area contributed by atoms with Gasteiger partial charge in [0.2, 0.25) is 5.78 Å². The molecule has 0 saturated heterocycles. The monoisotopic (exact) mass is 556 g/mol. The summed E-state index contributed by atoms with van der Waals surface area (Å²) in [7, 11) is 5.73. The molecule has 0 aliphatic heterocycles. The highest BCUT2D eigenvalue weighted by molar-refractivity contribution is 6.08. The largest absolute Gasteiger partial charge is 0.493 e. The Morgan fingerprint density at radius 2 is 1.71 bits per heavy atom. The first kappa shape index (κ1) is 27.4. The Bertz CT molecular complexity index is 1880. The van der Waals surface area contributed by atoms with Crippen molar-refractivity contribution in [3.8, 4) is 11.5 Å². The molecule has 0 unspecified atom stereocenters. The van der Waals surface area contributed by atoms with Gasteiger partial charge in [0.15, 0.2) is 18.1 Å². The summed E-state index contributed by atoms with van der Waals surface area (Å²) in [6.45, 7) is -0.726. The zero-order valence-electron chi connectivity index (χ0n) is 23.0. The molecule has 0 spiro atoms. The van der Waals surface area contributed by atoms with Crippen LogP contribution in [-0.2, 0) is 25.3 Å². The quantitative estimate of drug-likeness (QED) is 0.268. The molecule has 11 nitrogen and oxygen atoms in total. The summed E-state index contributed by atoms with van der Waals surface area (Å²) in [5.41, 5.74) is 8.07. The molecule has 0 radical (unpaired) electrons. The second kappa shape index (κ2) is 10.8. The van der Waals surface area contributed by atoms with Crippen LogP contribution in [0.25, 0.3) is 22.6 Å². The van der Waals surface area contributed by atoms with Crippen molar-refractivity contribution in [2.24, 2.45) is 14.1 Å². The second-order valence-corrected chi connectivity index (χ2v) is 9.58. The molecule has 2 heterocycles. The summed E-state index contributed by atoms with van der Waals surface area (Å²) in [5.74, 6) is -0.617. The molecule has 0 atom stereocenters. The maximum absolute atomic E-state index is 13.5. The second-order valence-electron chi connectivity index (χ2n) is 9.58. The van der Waals surface area contributed by atoms with E-state index in [0.717, 1.165) is 20.3 Å². The third kappa shape index (κ3) is 4.75. The minimum Gasteiger partial charge on any atom is -0.493 e. The molecule has 41 heavy (non-hydrogen) atoms. The Kier molecular flexibility index (Phi) is 7.19. The van der Waals surface area contributed by atoms with Crippen LogP contribution in [0.2, 0.25) is 0 Å². The molecule has 2 aromatic heterocycles. The average molecular weight is 557 g/mol. The number of ketones is 1. The Hall–Kier alpha value is -5.19. The van der Waals surface area contributed by atoms with Gasteiger partial charge in [-0.15, -0.1) is 0 Å². The van der Waals surface area contributed by atoms with Gasteiger partial charge in [-0.2, -0.15) is 0 Å². The van der Waals surface area contributed by atoms with E-state index in [9.17, 15) is 19.2 Å². The smallest absolute Gasteiger partial charge is 0.339 e. The lowest BCUT2D eigenvalue weighted by Gasteiger charge is -2.13. The highest BCUT2D eigenvalue weighted by Crippen LogP contribution is 2.38. The molecular formula is C30H28N4O7. The Balaban J connectivity index is 1.51. The number of anilines is 1. The SMILES string of the molecule is COc1ccc(C=C2CCc3c2nc2ccccc2c3C(=O)OCC(=O)c2c(N)n(C)c(=O)n(C)c2=O)cc1OC. The topological polar surface area (TPSA) is 145 Å². The summed E-state index contributed by atoms with van der Waals surface area (Å²) >= 11 is 0. The number of pyridine rings is 1. The molecule has 0 saturated carbocycles. The minimum absolute atomic E-state index is 0.292. The van der Waals surface area contributed by atoms with Crippen LogP contribution in [0.3, 0.4) is 0 Å². The lowest BCUT2D eigenvalue weighted by atomic mass is 10.0. The van der Waals surface area contributed by atoms with Crippen LogP contribution in [0.1, 0.15) is 44.0 Å². The van der Waals surface area contributed by atoms with E-state index in [0.29, 0.717) is 52.1 Å². The van der Waals surface area contributed by atoms with Crippen molar-refractivity contribution >= 4 is 40.1 Å². The van der Waals surface area contributed by atoms with E-state index in [1.165, 1.54) is 14.1 Å². The Morgan fingerprint density at radius 3 is 2.44 bits per heavy atom. The van der Waals surface area contributed by atoms with E-state index in [1.807, 2.05) is 30.3 Å². The predicted octanol–water partition coefficient (Wildman–Crippen LogP) is 2.76. The van der Waals surface area contributed by atoms with Crippen LogP contribution < -0.4 is 26.5 Å². The van der Waals surface area contributed by atoms with Gasteiger partial charge >= 0.3 is 11.7 Å². The highest BCUT2D eigenvalue weighted by Gasteiger charge is 2.29. The Labute approximate surface area is 234 Å². The van der Waals surface area contributed by atoms with Gasteiger partial charge in [-0.05, 0) is 53.8 Å². The van der Waals surface area contributed by atoms with Crippen molar-refractivity contribution in [3.05, 3.63) is 91.3 Å². The number of nitrogen functional groups attached to an aromatic ring is 1. The first-order chi connectivity index (χ1) is 19.7. The standard InChI is InChI=1S/C30H28N4O7/c1-33-27(31)25(28(36)34(2)30(33)38)21(35)15-41-29(37)24-18-7-5-6-8-20(18)32-26-17(10-11-19(24)26)13-16-9-12-22(39-3)23(14-16)40-4/h5-9,12-14H,10-11,15,31H2,1-4H3. The van der Waals surface area contributed by atoms with E-state index in [-0.39, 0.29) is 5.82 Å². The van der Waals surface area contributed by atoms with Crippen molar-refractivity contribution in [2.75, 3.05) is 26.6 Å². The summed E-state index contributed by atoms with van der Waals surface area (Å²) in [5, 5.41) is 0.591. The molecule has 0 fully saturated rings. The maximum atomic E-state index is 13.5. The van der Waals surface area contributed by atoms with Crippen LogP contribution in [0.5, 0.6) is 11.5 Å². The van der Waals surface area contributed by atoms with E-state index in [2.05, 4.69) is 0 Å². The fourth-order valence-electron chi connectivity index (χ4n) is 5.05. The van der Waals surface area contributed by atoms with Crippen molar-refractivity contribution in [3.63, 3.8) is 0 Å². The predicted molar refractivity (Wildman–Crippen MR) is 153 cm³/mol. The van der Waals surface area contributed by atoms with Crippen molar-refractivity contribution < 1.29 is 23.8 Å². The molecule has 5 rings (SSSR count). The van der Waals surface area contributed by atoms with E-state index >= 15 is 0 Å². The van der Waals surface area contributed by atoms with Crippen molar-refractivity contribution in [1.29, 1.82) is 0 Å². The summed E-state index contributed by atoms with van der Waals surface area (Å²) < 4.78 is 18.0. The maximum Gasteiger partial charge on any atom is 0.339 e. The molecule has 2 aromatic carbocycles. The lowest BCUT2D eigenvalue weighted by molar-refractivity contribution is 0.0475. The van der Waals surface area contributed by atoms with E-state index in [1.54, 1.807) is 32.4 Å². The number of nitrogens with two attached hydrogens (primary N) is 1. The zero-order valence-corrected chi connectivity index (χ0v) is 23.0. The van der Waals surface area contributed by atoms with Crippen LogP contribution in [0.15, 0.2) is 52.1 Å². The summed E-state index contributed by atoms with van der Waals surface area (Å²) in [6.07, 6.45) is 3.17. The lowest BCUT2D eigenvalue weighted by Crippen LogP contribution is -2.42. The number of allylic oxidation sites excluding steroid dienone is 1. The molecule has 11 heteroatoms. The number of methoxy groups -OCH3 is 2. The number of rotatable bonds is 7. The number of fused-ring (bicyclic) bond motifs is 2. The molecule has 1 aliphatic carbocycles. The van der Waals surface area contributed by atoms with Crippen LogP contribution >= 0.6 is 0 Å². The fourth-order valence-corrected chi connectivity index (χ4v) is 5.05. The third-order valence-corrected chi connectivity index (χ3v) is 7.22. The van der Waals surface area contributed by atoms with Gasteiger partial charge in [-0.1, -0.05) is 24.3 Å². The van der Waals surface area contributed by atoms with Crippen LogP contribution in [0, 0.1) is 0 Å². The van der Waals surface area contributed by atoms with Crippen molar-refractivity contribution in [2.45, 2.75) is 12.8 Å². The highest BCUT2D eigenvalue weighted by atomic mass is 16.5. The number of esters is 1. The van der Waals surface area contributed by atoms with Gasteiger partial charge in [0, 0.05) is 19.5 Å². The van der Waals surface area contributed by atoms with E-state index < -0.39 is 35.2 Å². The number of Topliss-reactive ketones (excluding diaryl/α,β-unsaturated/α-hetero) is 1. The molecule has 210 valence electrons. The first-order valence-corrected chi connectivity index (χ1v) is 12.8. The fraction of sp³-hybridized carbons (Fsp3) is 0.233. The van der Waals surface area contributed by atoms with Gasteiger partial charge in [0.1, 0.15) is 11.4 Å². The molecule has 0 bridgehead atoms. The number of para-hydroxylation sites is 1. The molecule has 0 amide bonds. The summed E-state index contributed by atoms with van der Waals surface area (Å²) in [4.78, 5) is 56.0. The number of aromatic nitrogens is 3. The van der Waals surface area contributed by atoms with Gasteiger partial charge in [-0.25, -0.2) is 14.6 Å². The zero-order chi connectivity index (χ0) is 29.4. The third-order valence-electron chi connectivity index (χ3n) is 7.22. The number of benzene rings is 2. The van der Waals surface area contributed by atoms with Gasteiger partial charge in [0.05, 0.1) is 31.0 Å². The average Bonchev–Trinajstić information content (AvgIpc) is 3.38. The number of ether oxygens (including phenoxy) is 3. The summed E-state index contributed by atoms with van der Waals surface area (Å²) in [6, 6.07) is 12.8. The van der Waals surface area contributed by atoms with Gasteiger partial charge in [0.25, 0.3) is 5.56 Å². The van der Waals surface area contributed by atoms with Gasteiger partial charge in [-0.3, -0.25) is 18.7 Å². The number of carbonyl (C=O) groups is 2. The normalized spacial score (nSPS) is 13.3. The minimum atomic E-state index is -0.855. The van der Waals surface area contributed by atoms with Crippen LogP contribution in [0.4, 0.5) is 5.82 Å². The van der Waals surface area contributed by atoms with Crippen molar-refractivity contribution in [1.82, 2.24) is 14.1 Å². The molecule has 2 N–H and O–H groups in total. The van der Waals surface area contributed by atoms with E-state index in [4.69, 9.17) is 24.9 Å². The Morgan fingerprint density at radius 1 is 0.976 bits per heavy atom. The number of hydrogen-bond acceptors (Lipinski definition) is 9. The number of nitrogens with zero attached hydrogens (tertiary/aromatic N) is 3. The number of hydrogen-bond donors (Lipinski definition) is 1. The van der Waals surface area contributed by atoms with Gasteiger partial charge < -0.3 is 19.9 Å². The molecule has 1 aliphatic rings.